The predicted octanol–water partition coefficient (Wildman–Crippen LogP) is 3.43. The molecule has 1 fully saturated rings. The predicted molar refractivity (Wildman–Crippen MR) is 61.0 cm³/mol. The molecule has 0 heterocycles. The topological polar surface area (TPSA) is 26.3 Å². The SMILES string of the molecule is C[Si](C)(F)CCC(=O)OC1CCCCC1. The van der Waals surface area contributed by atoms with Crippen molar-refractivity contribution in [3.05, 3.63) is 0 Å². The van der Waals surface area contributed by atoms with E-state index < -0.39 is 8.41 Å². The van der Waals surface area contributed by atoms with E-state index in [1.807, 2.05) is 0 Å². The Morgan fingerprint density at radius 1 is 1.33 bits per heavy atom. The molecule has 1 saturated carbocycles. The maximum Gasteiger partial charge on any atom is 0.305 e. The highest BCUT2D eigenvalue weighted by molar-refractivity contribution is 6.70. The fourth-order valence-electron chi connectivity index (χ4n) is 1.83. The molecule has 0 unspecified atom stereocenters. The van der Waals surface area contributed by atoms with Gasteiger partial charge in [0, 0.05) is 6.42 Å². The van der Waals surface area contributed by atoms with Crippen LogP contribution in [-0.2, 0) is 9.53 Å². The molecule has 0 spiro atoms. The number of carbonyl (C=O) groups is 1. The average molecular weight is 232 g/mol. The Kier molecular flexibility index (Phi) is 4.76. The highest BCUT2D eigenvalue weighted by Crippen LogP contribution is 2.21. The zero-order chi connectivity index (χ0) is 11.3. The van der Waals surface area contributed by atoms with Gasteiger partial charge in [0.15, 0.2) is 0 Å². The van der Waals surface area contributed by atoms with E-state index in [4.69, 9.17) is 4.74 Å². The maximum absolute atomic E-state index is 13.3. The minimum atomic E-state index is -2.59. The lowest BCUT2D eigenvalue weighted by molar-refractivity contribution is -0.150. The average Bonchev–Trinajstić information content (AvgIpc) is 2.15. The van der Waals surface area contributed by atoms with Gasteiger partial charge in [-0.05, 0) is 44.8 Å². The van der Waals surface area contributed by atoms with Crippen molar-refractivity contribution in [2.75, 3.05) is 0 Å². The summed E-state index contributed by atoms with van der Waals surface area (Å²) < 4.78 is 18.6. The van der Waals surface area contributed by atoms with Gasteiger partial charge in [-0.3, -0.25) is 4.79 Å². The molecule has 0 saturated heterocycles. The van der Waals surface area contributed by atoms with Gasteiger partial charge in [-0.1, -0.05) is 6.42 Å². The summed E-state index contributed by atoms with van der Waals surface area (Å²) in [6.45, 7) is 3.25. The first-order valence-corrected chi connectivity index (χ1v) is 8.94. The quantitative estimate of drug-likeness (QED) is 0.422. The summed E-state index contributed by atoms with van der Waals surface area (Å²) in [5.41, 5.74) is 0. The van der Waals surface area contributed by atoms with Crippen LogP contribution in [0.15, 0.2) is 0 Å². The van der Waals surface area contributed by atoms with Gasteiger partial charge >= 0.3 is 5.97 Å². The molecule has 15 heavy (non-hydrogen) atoms. The van der Waals surface area contributed by atoms with Crippen molar-refractivity contribution in [2.24, 2.45) is 0 Å². The van der Waals surface area contributed by atoms with E-state index in [1.165, 1.54) is 6.42 Å². The maximum atomic E-state index is 13.3. The lowest BCUT2D eigenvalue weighted by Gasteiger charge is -2.22. The fraction of sp³-hybridized carbons (Fsp3) is 0.909. The van der Waals surface area contributed by atoms with Crippen molar-refractivity contribution in [2.45, 2.75) is 63.8 Å². The van der Waals surface area contributed by atoms with Crippen LogP contribution in [0.1, 0.15) is 38.5 Å². The van der Waals surface area contributed by atoms with Gasteiger partial charge in [0.05, 0.1) is 0 Å². The van der Waals surface area contributed by atoms with Crippen LogP contribution in [0.3, 0.4) is 0 Å². The zero-order valence-electron chi connectivity index (χ0n) is 9.72. The van der Waals surface area contributed by atoms with E-state index in [2.05, 4.69) is 0 Å². The first kappa shape index (κ1) is 12.7. The highest BCUT2D eigenvalue weighted by Gasteiger charge is 2.23. The van der Waals surface area contributed by atoms with E-state index in [-0.39, 0.29) is 18.5 Å². The van der Waals surface area contributed by atoms with Gasteiger partial charge in [0.25, 0.3) is 0 Å². The van der Waals surface area contributed by atoms with Gasteiger partial charge in [-0.25, -0.2) is 0 Å². The molecule has 88 valence electrons. The van der Waals surface area contributed by atoms with E-state index in [0.29, 0.717) is 6.04 Å². The summed E-state index contributed by atoms with van der Waals surface area (Å²) in [5, 5.41) is 0. The minimum Gasteiger partial charge on any atom is -0.462 e. The monoisotopic (exact) mass is 232 g/mol. The molecule has 0 aromatic rings. The number of esters is 1. The summed E-state index contributed by atoms with van der Waals surface area (Å²) in [6.07, 6.45) is 5.90. The number of halogens is 1. The van der Waals surface area contributed by atoms with Crippen LogP contribution in [-0.4, -0.2) is 20.5 Å². The van der Waals surface area contributed by atoms with Gasteiger partial charge in [0.2, 0.25) is 8.41 Å². The van der Waals surface area contributed by atoms with Crippen LogP contribution in [0.25, 0.3) is 0 Å². The van der Waals surface area contributed by atoms with Crippen molar-refractivity contribution < 1.29 is 13.6 Å². The fourth-order valence-corrected chi connectivity index (χ4v) is 2.63. The van der Waals surface area contributed by atoms with Gasteiger partial charge in [-0.15, -0.1) is 0 Å². The Hall–Kier alpha value is -0.383. The van der Waals surface area contributed by atoms with Crippen LogP contribution in [0.2, 0.25) is 19.1 Å². The Morgan fingerprint density at radius 3 is 2.47 bits per heavy atom. The molecule has 0 amide bonds. The Balaban J connectivity index is 2.17. The second-order valence-electron chi connectivity index (χ2n) is 4.97. The van der Waals surface area contributed by atoms with E-state index in [9.17, 15) is 8.90 Å². The normalized spacial score (nSPS) is 18.9. The number of ether oxygens (including phenoxy) is 1. The van der Waals surface area contributed by atoms with Gasteiger partial charge in [0.1, 0.15) is 6.10 Å². The molecule has 0 aromatic carbocycles. The molecule has 0 aromatic heterocycles. The molecule has 0 bridgehead atoms. The van der Waals surface area contributed by atoms with Crippen molar-refractivity contribution in [3.8, 4) is 0 Å². The third-order valence-electron chi connectivity index (χ3n) is 2.77. The molecule has 2 nitrogen and oxygen atoms in total. The molecule has 1 rings (SSSR count). The Labute approximate surface area is 92.4 Å². The summed E-state index contributed by atoms with van der Waals surface area (Å²) in [4.78, 5) is 11.4. The molecule has 4 heteroatoms. The molecule has 1 aliphatic carbocycles. The summed E-state index contributed by atoms with van der Waals surface area (Å²) >= 11 is 0. The molecule has 0 radical (unpaired) electrons. The summed E-state index contributed by atoms with van der Waals surface area (Å²) in [5.74, 6) is -0.208. The number of hydrogen-bond acceptors (Lipinski definition) is 2. The van der Waals surface area contributed by atoms with Crippen molar-refractivity contribution in [1.29, 1.82) is 0 Å². The minimum absolute atomic E-state index is 0.107. The van der Waals surface area contributed by atoms with Crippen molar-refractivity contribution >= 4 is 14.4 Å². The summed E-state index contributed by atoms with van der Waals surface area (Å²) in [7, 11) is -2.59. The second-order valence-corrected chi connectivity index (χ2v) is 8.91. The largest absolute Gasteiger partial charge is 0.462 e. The van der Waals surface area contributed by atoms with Gasteiger partial charge in [-0.2, -0.15) is 0 Å². The lowest BCUT2D eigenvalue weighted by Crippen LogP contribution is -2.24. The van der Waals surface area contributed by atoms with Crippen LogP contribution in [0, 0.1) is 0 Å². The van der Waals surface area contributed by atoms with Crippen LogP contribution >= 0.6 is 0 Å². The van der Waals surface area contributed by atoms with Crippen LogP contribution in [0.5, 0.6) is 0 Å². The number of carbonyl (C=O) groups excluding carboxylic acids is 1. The Bertz CT molecular complexity index is 207. The Morgan fingerprint density at radius 2 is 1.93 bits per heavy atom. The molecule has 0 atom stereocenters. The van der Waals surface area contributed by atoms with E-state index in [0.717, 1.165) is 25.7 Å². The second kappa shape index (κ2) is 5.63. The van der Waals surface area contributed by atoms with Gasteiger partial charge < -0.3 is 8.84 Å². The number of hydrogen-bond donors (Lipinski definition) is 0. The molecule has 0 N–H and O–H groups in total. The van der Waals surface area contributed by atoms with Crippen molar-refractivity contribution in [3.63, 3.8) is 0 Å². The van der Waals surface area contributed by atoms with Crippen molar-refractivity contribution in [1.82, 2.24) is 0 Å². The highest BCUT2D eigenvalue weighted by atomic mass is 28.4. The lowest BCUT2D eigenvalue weighted by atomic mass is 9.98. The van der Waals surface area contributed by atoms with E-state index >= 15 is 0 Å². The zero-order valence-corrected chi connectivity index (χ0v) is 10.7. The molecule has 1 aliphatic rings. The molecule has 0 aliphatic heterocycles. The summed E-state index contributed by atoms with van der Waals surface area (Å²) in [6, 6.07) is 0.387. The molecular formula is C11H21FO2Si. The van der Waals surface area contributed by atoms with Crippen LogP contribution < -0.4 is 0 Å². The molecular weight excluding hydrogens is 211 g/mol. The standard InChI is InChI=1S/C11H21FO2Si/c1-15(2,12)9-8-11(13)14-10-6-4-3-5-7-10/h10H,3-9H2,1-2H3. The van der Waals surface area contributed by atoms with Crippen LogP contribution in [0.4, 0.5) is 4.11 Å². The first-order chi connectivity index (χ1) is 6.97. The number of rotatable bonds is 4. The third-order valence-corrected chi connectivity index (χ3v) is 4.21. The smallest absolute Gasteiger partial charge is 0.305 e. The van der Waals surface area contributed by atoms with E-state index in [1.54, 1.807) is 13.1 Å². The third kappa shape index (κ3) is 5.92. The first-order valence-electron chi connectivity index (χ1n) is 5.86.